The van der Waals surface area contributed by atoms with Crippen LogP contribution < -0.4 is 0 Å². The Bertz CT molecular complexity index is 758. The van der Waals surface area contributed by atoms with Crippen molar-refractivity contribution >= 4 is 5.78 Å². The summed E-state index contributed by atoms with van der Waals surface area (Å²) in [5.41, 5.74) is 4.13. The van der Waals surface area contributed by atoms with E-state index in [1.165, 1.54) is 42.4 Å². The Morgan fingerprint density at radius 2 is 2.07 bits per heavy atom. The Hall–Kier alpha value is -1.57. The second-order valence-electron chi connectivity index (χ2n) is 10.4. The number of phenolic OH excluding ortho intramolecular Hbond substituents is 1. The lowest BCUT2D eigenvalue weighted by molar-refractivity contribution is -0.132. The van der Waals surface area contributed by atoms with Crippen LogP contribution in [0.3, 0.4) is 0 Å². The predicted molar refractivity (Wildman–Crippen MR) is 121 cm³/mol. The van der Waals surface area contributed by atoms with Crippen LogP contribution in [-0.4, -0.2) is 10.9 Å². The monoisotopic (exact) mass is 396 g/mol. The fourth-order valence-corrected chi connectivity index (χ4v) is 6.50. The maximum atomic E-state index is 12.9. The fourth-order valence-electron chi connectivity index (χ4n) is 6.50. The van der Waals surface area contributed by atoms with Crippen molar-refractivity contribution in [3.05, 3.63) is 41.0 Å². The van der Waals surface area contributed by atoms with E-state index in [0.717, 1.165) is 37.5 Å². The van der Waals surface area contributed by atoms with Gasteiger partial charge in [0.1, 0.15) is 11.5 Å². The van der Waals surface area contributed by atoms with Crippen LogP contribution in [0.2, 0.25) is 0 Å². The molecule has 1 N–H and O–H groups in total. The van der Waals surface area contributed by atoms with E-state index in [0.29, 0.717) is 22.9 Å². The number of carbonyl (C=O) groups excluding carboxylic acids is 1. The molecule has 2 fully saturated rings. The molecule has 2 nitrogen and oxygen atoms in total. The average Bonchev–Trinajstić information content (AvgIpc) is 3.01. The van der Waals surface area contributed by atoms with Crippen molar-refractivity contribution < 1.29 is 9.90 Å². The molecule has 5 unspecified atom stereocenters. The maximum Gasteiger partial charge on any atom is 0.136 e. The van der Waals surface area contributed by atoms with Crippen LogP contribution >= 0.6 is 0 Å². The van der Waals surface area contributed by atoms with Gasteiger partial charge in [0.25, 0.3) is 0 Å². The van der Waals surface area contributed by atoms with Gasteiger partial charge in [-0.2, -0.15) is 0 Å². The molecular formula is C27H40O2. The number of aromatic hydroxyl groups is 1. The SMILES string of the molecule is CC(C)=CCCC(C)C1CCC2C(CCc3cc(O)ccc3C)C(=O)CCC12C. The minimum Gasteiger partial charge on any atom is -0.508 e. The summed E-state index contributed by atoms with van der Waals surface area (Å²) in [6.45, 7) is 11.4. The van der Waals surface area contributed by atoms with Gasteiger partial charge in [-0.3, -0.25) is 4.79 Å². The lowest BCUT2D eigenvalue weighted by Crippen LogP contribution is -2.43. The first-order valence-electron chi connectivity index (χ1n) is 11.7. The number of allylic oxidation sites excluding steroid dienone is 2. The fraction of sp³-hybridized carbons (Fsp3) is 0.667. The van der Waals surface area contributed by atoms with E-state index in [-0.39, 0.29) is 5.92 Å². The van der Waals surface area contributed by atoms with E-state index >= 15 is 0 Å². The molecule has 29 heavy (non-hydrogen) atoms. The molecule has 3 rings (SSSR count). The Kier molecular flexibility index (Phi) is 6.91. The summed E-state index contributed by atoms with van der Waals surface area (Å²) < 4.78 is 0. The molecule has 5 atom stereocenters. The molecule has 0 saturated heterocycles. The van der Waals surface area contributed by atoms with Crippen molar-refractivity contribution in [2.45, 2.75) is 86.0 Å². The Morgan fingerprint density at radius 1 is 1.31 bits per heavy atom. The second kappa shape index (κ2) is 9.06. The first-order chi connectivity index (χ1) is 13.7. The lowest BCUT2D eigenvalue weighted by Gasteiger charge is -2.46. The van der Waals surface area contributed by atoms with Crippen LogP contribution in [0.25, 0.3) is 0 Å². The van der Waals surface area contributed by atoms with E-state index in [4.69, 9.17) is 0 Å². The topological polar surface area (TPSA) is 37.3 Å². The number of Topliss-reactive ketones (excluding diaryl/α,β-unsaturated/α-hetero) is 1. The Morgan fingerprint density at radius 3 is 2.79 bits per heavy atom. The van der Waals surface area contributed by atoms with E-state index in [9.17, 15) is 9.90 Å². The molecule has 0 radical (unpaired) electrons. The first kappa shape index (κ1) is 22.1. The molecule has 0 aliphatic heterocycles. The van der Waals surface area contributed by atoms with Gasteiger partial charge in [-0.05, 0) is 112 Å². The summed E-state index contributed by atoms with van der Waals surface area (Å²) in [5, 5.41) is 9.85. The van der Waals surface area contributed by atoms with E-state index < -0.39 is 0 Å². The number of carbonyl (C=O) groups is 1. The second-order valence-corrected chi connectivity index (χ2v) is 10.4. The summed E-state index contributed by atoms with van der Waals surface area (Å²) >= 11 is 0. The van der Waals surface area contributed by atoms with Gasteiger partial charge in [0.2, 0.25) is 0 Å². The molecule has 2 heteroatoms. The standard InChI is InChI=1S/C27H40O2/c1-18(2)7-6-8-20(4)24-13-14-25-23(26(29)15-16-27(24,25)5)12-10-21-17-22(28)11-9-19(21)3/h7,9,11,17,20,23-25,28H,6,8,10,12-16H2,1-5H3. The number of fused-ring (bicyclic) bond motifs is 1. The predicted octanol–water partition coefficient (Wildman–Crippen LogP) is 7.03. The lowest BCUT2D eigenvalue weighted by atomic mass is 9.58. The van der Waals surface area contributed by atoms with Crippen molar-refractivity contribution in [3.63, 3.8) is 0 Å². The van der Waals surface area contributed by atoms with E-state index in [2.05, 4.69) is 40.7 Å². The molecule has 0 bridgehead atoms. The van der Waals surface area contributed by atoms with E-state index in [1.54, 1.807) is 6.07 Å². The number of hydrogen-bond acceptors (Lipinski definition) is 2. The van der Waals surface area contributed by atoms with Gasteiger partial charge in [-0.1, -0.05) is 31.6 Å². The van der Waals surface area contributed by atoms with E-state index in [1.807, 2.05) is 12.1 Å². The van der Waals surface area contributed by atoms with Gasteiger partial charge in [-0.15, -0.1) is 0 Å². The molecule has 0 heterocycles. The minimum atomic E-state index is 0.200. The minimum absolute atomic E-state index is 0.200. The summed E-state index contributed by atoms with van der Waals surface area (Å²) in [5.74, 6) is 3.03. The van der Waals surface area contributed by atoms with Crippen LogP contribution in [0, 0.1) is 36.0 Å². The largest absolute Gasteiger partial charge is 0.508 e. The molecular weight excluding hydrogens is 356 g/mol. The highest BCUT2D eigenvalue weighted by molar-refractivity contribution is 5.82. The van der Waals surface area contributed by atoms with Crippen LogP contribution in [0.15, 0.2) is 29.8 Å². The molecule has 0 spiro atoms. The number of ketones is 1. The number of phenols is 1. The summed E-state index contributed by atoms with van der Waals surface area (Å²) in [6.07, 6.45) is 11.0. The summed E-state index contributed by atoms with van der Waals surface area (Å²) in [4.78, 5) is 12.9. The Labute approximate surface area is 177 Å². The molecule has 2 aliphatic carbocycles. The third-order valence-corrected chi connectivity index (χ3v) is 8.21. The van der Waals surface area contributed by atoms with Crippen molar-refractivity contribution in [1.82, 2.24) is 0 Å². The highest BCUT2D eigenvalue weighted by atomic mass is 16.3. The third-order valence-electron chi connectivity index (χ3n) is 8.21. The van der Waals surface area contributed by atoms with Gasteiger partial charge >= 0.3 is 0 Å². The summed E-state index contributed by atoms with van der Waals surface area (Å²) in [6, 6.07) is 5.61. The zero-order valence-electron chi connectivity index (χ0n) is 19.1. The van der Waals surface area contributed by atoms with Crippen molar-refractivity contribution in [1.29, 1.82) is 0 Å². The average molecular weight is 397 g/mol. The molecule has 1 aromatic carbocycles. The molecule has 1 aromatic rings. The number of benzene rings is 1. The van der Waals surface area contributed by atoms with Crippen molar-refractivity contribution in [2.24, 2.45) is 29.1 Å². The van der Waals surface area contributed by atoms with Gasteiger partial charge in [0, 0.05) is 12.3 Å². The Balaban J connectivity index is 1.70. The molecule has 2 saturated carbocycles. The first-order valence-corrected chi connectivity index (χ1v) is 11.7. The van der Waals surface area contributed by atoms with Gasteiger partial charge in [0.15, 0.2) is 0 Å². The number of aryl methyl sites for hydroxylation is 2. The smallest absolute Gasteiger partial charge is 0.136 e. The number of hydrogen-bond donors (Lipinski definition) is 1. The zero-order chi connectivity index (χ0) is 21.2. The molecule has 160 valence electrons. The van der Waals surface area contributed by atoms with Crippen molar-refractivity contribution in [2.75, 3.05) is 0 Å². The van der Waals surface area contributed by atoms with Gasteiger partial charge in [-0.25, -0.2) is 0 Å². The van der Waals surface area contributed by atoms with Gasteiger partial charge < -0.3 is 5.11 Å². The zero-order valence-corrected chi connectivity index (χ0v) is 19.1. The van der Waals surface area contributed by atoms with Gasteiger partial charge in [0.05, 0.1) is 0 Å². The number of rotatable bonds is 7. The summed E-state index contributed by atoms with van der Waals surface area (Å²) in [7, 11) is 0. The molecule has 2 aliphatic rings. The van der Waals surface area contributed by atoms with Crippen LogP contribution in [-0.2, 0) is 11.2 Å². The quantitative estimate of drug-likeness (QED) is 0.502. The van der Waals surface area contributed by atoms with Crippen LogP contribution in [0.5, 0.6) is 5.75 Å². The molecule has 0 aromatic heterocycles. The van der Waals surface area contributed by atoms with Crippen molar-refractivity contribution in [3.8, 4) is 5.75 Å². The third kappa shape index (κ3) is 4.78. The normalized spacial score (nSPS) is 30.1. The van der Waals surface area contributed by atoms with Crippen LogP contribution in [0.1, 0.15) is 83.8 Å². The highest BCUT2D eigenvalue weighted by Crippen LogP contribution is 2.59. The van der Waals surface area contributed by atoms with Crippen LogP contribution in [0.4, 0.5) is 0 Å². The maximum absolute atomic E-state index is 12.9. The highest BCUT2D eigenvalue weighted by Gasteiger charge is 2.54. The molecule has 0 amide bonds.